The largest absolute Gasteiger partial charge is 0.494 e. The fourth-order valence-electron chi connectivity index (χ4n) is 2.79. The molecule has 1 aromatic heterocycles. The van der Waals surface area contributed by atoms with Gasteiger partial charge in [-0.2, -0.15) is 18.3 Å². The summed E-state index contributed by atoms with van der Waals surface area (Å²) >= 11 is 0. The molecule has 0 spiro atoms. The first kappa shape index (κ1) is 19.6. The summed E-state index contributed by atoms with van der Waals surface area (Å²) in [5, 5.41) is 17.0. The quantitative estimate of drug-likeness (QED) is 0.588. The molecule has 8 nitrogen and oxygen atoms in total. The van der Waals surface area contributed by atoms with E-state index in [1.807, 2.05) is 0 Å². The summed E-state index contributed by atoms with van der Waals surface area (Å²) in [5.41, 5.74) is -0.727. The van der Waals surface area contributed by atoms with E-state index in [-0.39, 0.29) is 23.0 Å². The monoisotopic (exact) mass is 398 g/mol. The lowest BCUT2D eigenvalue weighted by Crippen LogP contribution is -2.26. The second kappa shape index (κ2) is 7.13. The molecule has 1 atom stereocenters. The molecule has 0 aliphatic heterocycles. The Bertz CT molecular complexity index is 922. The molecule has 1 aliphatic rings. The minimum Gasteiger partial charge on any atom is -0.494 e. The van der Waals surface area contributed by atoms with Crippen LogP contribution >= 0.6 is 0 Å². The van der Waals surface area contributed by atoms with Gasteiger partial charge < -0.3 is 10.1 Å². The third-order valence-electron chi connectivity index (χ3n) is 4.45. The lowest BCUT2D eigenvalue weighted by Gasteiger charge is -2.17. The number of carbonyl (C=O) groups excluding carboxylic acids is 1. The summed E-state index contributed by atoms with van der Waals surface area (Å²) < 4.78 is 45.2. The fraction of sp³-hybridized carbons (Fsp3) is 0.412. The minimum atomic E-state index is -4.60. The van der Waals surface area contributed by atoms with Gasteiger partial charge in [-0.1, -0.05) is 0 Å². The molecular weight excluding hydrogens is 381 g/mol. The SMILES string of the molecule is COc1cc([N+](=O)[O-])ccc1NC(=O)C(C)n1nc(C(F)(F)F)cc1C1CC1. The molecule has 1 fully saturated rings. The molecule has 3 rings (SSSR count). The van der Waals surface area contributed by atoms with E-state index in [4.69, 9.17) is 4.74 Å². The van der Waals surface area contributed by atoms with Gasteiger partial charge in [0.05, 0.1) is 23.8 Å². The zero-order valence-corrected chi connectivity index (χ0v) is 15.0. The van der Waals surface area contributed by atoms with Crippen molar-refractivity contribution in [3.05, 3.63) is 45.8 Å². The van der Waals surface area contributed by atoms with Crippen molar-refractivity contribution in [2.75, 3.05) is 12.4 Å². The first-order valence-corrected chi connectivity index (χ1v) is 8.41. The zero-order chi connectivity index (χ0) is 20.6. The maximum Gasteiger partial charge on any atom is 0.435 e. The molecule has 2 aromatic rings. The van der Waals surface area contributed by atoms with Crippen molar-refractivity contribution in [1.29, 1.82) is 0 Å². The highest BCUT2D eigenvalue weighted by Crippen LogP contribution is 2.43. The van der Waals surface area contributed by atoms with Gasteiger partial charge in [-0.25, -0.2) is 0 Å². The molecule has 1 aromatic carbocycles. The predicted molar refractivity (Wildman–Crippen MR) is 92.2 cm³/mol. The van der Waals surface area contributed by atoms with Crippen LogP contribution in [0.4, 0.5) is 24.5 Å². The Balaban J connectivity index is 1.86. The summed E-state index contributed by atoms with van der Waals surface area (Å²) in [6.07, 6.45) is -3.12. The van der Waals surface area contributed by atoms with Crippen LogP contribution in [0.5, 0.6) is 5.75 Å². The van der Waals surface area contributed by atoms with Gasteiger partial charge in [0.2, 0.25) is 5.91 Å². The number of methoxy groups -OCH3 is 1. The van der Waals surface area contributed by atoms with Crippen LogP contribution in [0.1, 0.15) is 43.1 Å². The summed E-state index contributed by atoms with van der Waals surface area (Å²) in [6.45, 7) is 1.44. The standard InChI is InChI=1S/C17H17F3N4O4/c1-9(23-13(10-3-4-10)8-15(22-23)17(18,19)20)16(25)21-12-6-5-11(24(26)27)7-14(12)28-2/h5-10H,3-4H2,1-2H3,(H,21,25). The van der Waals surface area contributed by atoms with Crippen molar-refractivity contribution >= 4 is 17.3 Å². The number of rotatable bonds is 6. The van der Waals surface area contributed by atoms with Crippen molar-refractivity contribution in [2.45, 2.75) is 37.9 Å². The maximum atomic E-state index is 13.0. The van der Waals surface area contributed by atoms with Gasteiger partial charge in [0.1, 0.15) is 11.8 Å². The van der Waals surface area contributed by atoms with Gasteiger partial charge in [0, 0.05) is 17.7 Å². The van der Waals surface area contributed by atoms with Gasteiger partial charge in [-0.15, -0.1) is 0 Å². The first-order chi connectivity index (χ1) is 13.1. The van der Waals surface area contributed by atoms with Crippen LogP contribution < -0.4 is 10.1 Å². The summed E-state index contributed by atoms with van der Waals surface area (Å²) in [6, 6.07) is 3.59. The van der Waals surface area contributed by atoms with E-state index in [0.29, 0.717) is 5.69 Å². The molecule has 1 aliphatic carbocycles. The minimum absolute atomic E-state index is 0.0484. The third kappa shape index (κ3) is 3.92. The second-order valence-corrected chi connectivity index (χ2v) is 6.48. The number of amides is 1. The molecule has 150 valence electrons. The van der Waals surface area contributed by atoms with Gasteiger partial charge in [-0.3, -0.25) is 19.6 Å². The van der Waals surface area contributed by atoms with Crippen LogP contribution in [0.3, 0.4) is 0 Å². The molecule has 11 heteroatoms. The van der Waals surface area contributed by atoms with Crippen LogP contribution in [-0.2, 0) is 11.0 Å². The lowest BCUT2D eigenvalue weighted by atomic mass is 10.2. The summed E-state index contributed by atoms with van der Waals surface area (Å²) in [7, 11) is 1.28. The average Bonchev–Trinajstić information content (AvgIpc) is 3.37. The predicted octanol–water partition coefficient (Wildman–Crippen LogP) is 3.90. The van der Waals surface area contributed by atoms with Crippen LogP contribution in [0.15, 0.2) is 24.3 Å². The fourth-order valence-corrected chi connectivity index (χ4v) is 2.79. The molecule has 1 amide bonds. The number of alkyl halides is 3. The molecule has 1 heterocycles. The normalized spacial score (nSPS) is 15.2. The number of benzene rings is 1. The van der Waals surface area contributed by atoms with E-state index in [0.717, 1.165) is 29.7 Å². The first-order valence-electron chi connectivity index (χ1n) is 8.41. The zero-order valence-electron chi connectivity index (χ0n) is 15.0. The topological polar surface area (TPSA) is 99.3 Å². The number of nitro groups is 1. The summed E-state index contributed by atoms with van der Waals surface area (Å²) in [5.74, 6) is -0.604. The van der Waals surface area contributed by atoms with E-state index in [2.05, 4.69) is 10.4 Å². The van der Waals surface area contributed by atoms with Crippen LogP contribution in [-0.4, -0.2) is 27.7 Å². The van der Waals surface area contributed by atoms with Crippen LogP contribution in [0.25, 0.3) is 0 Å². The molecule has 1 saturated carbocycles. The van der Waals surface area contributed by atoms with E-state index in [1.165, 1.54) is 26.2 Å². The number of hydrogen-bond donors (Lipinski definition) is 1. The molecule has 1 N–H and O–H groups in total. The number of ether oxygens (including phenoxy) is 1. The van der Waals surface area contributed by atoms with Gasteiger partial charge in [0.15, 0.2) is 5.69 Å². The van der Waals surface area contributed by atoms with E-state index in [9.17, 15) is 28.1 Å². The van der Waals surface area contributed by atoms with Crippen molar-refractivity contribution < 1.29 is 27.6 Å². The number of nitro benzene ring substituents is 1. The Labute approximate surface area is 157 Å². The number of halogens is 3. The Morgan fingerprint density at radius 3 is 2.61 bits per heavy atom. The van der Waals surface area contributed by atoms with Gasteiger partial charge in [-0.05, 0) is 31.9 Å². The van der Waals surface area contributed by atoms with Crippen molar-refractivity contribution in [3.8, 4) is 5.75 Å². The number of hydrogen-bond acceptors (Lipinski definition) is 5. The highest BCUT2D eigenvalue weighted by Gasteiger charge is 2.39. The smallest absolute Gasteiger partial charge is 0.435 e. The van der Waals surface area contributed by atoms with Crippen molar-refractivity contribution in [2.24, 2.45) is 0 Å². The van der Waals surface area contributed by atoms with E-state index in [1.54, 1.807) is 0 Å². The Hall–Kier alpha value is -3.11. The van der Waals surface area contributed by atoms with E-state index < -0.39 is 28.7 Å². The number of nitrogens with one attached hydrogen (secondary N) is 1. The Morgan fingerprint density at radius 2 is 2.07 bits per heavy atom. The van der Waals surface area contributed by atoms with Crippen LogP contribution in [0.2, 0.25) is 0 Å². The number of nitrogens with zero attached hydrogens (tertiary/aromatic N) is 3. The number of anilines is 1. The Kier molecular flexibility index (Phi) is 5.01. The molecule has 1 unspecified atom stereocenters. The number of aromatic nitrogens is 2. The summed E-state index contributed by atoms with van der Waals surface area (Å²) in [4.78, 5) is 22.8. The third-order valence-corrected chi connectivity index (χ3v) is 4.45. The highest BCUT2D eigenvalue weighted by molar-refractivity contribution is 5.95. The van der Waals surface area contributed by atoms with Crippen molar-refractivity contribution in [1.82, 2.24) is 9.78 Å². The second-order valence-electron chi connectivity index (χ2n) is 6.48. The van der Waals surface area contributed by atoms with Crippen molar-refractivity contribution in [3.63, 3.8) is 0 Å². The number of non-ortho nitro benzene ring substituents is 1. The lowest BCUT2D eigenvalue weighted by molar-refractivity contribution is -0.384. The Morgan fingerprint density at radius 1 is 1.39 bits per heavy atom. The maximum absolute atomic E-state index is 13.0. The number of carbonyl (C=O) groups is 1. The van der Waals surface area contributed by atoms with Crippen LogP contribution in [0, 0.1) is 10.1 Å². The molecule has 0 bridgehead atoms. The van der Waals surface area contributed by atoms with Gasteiger partial charge in [0.25, 0.3) is 5.69 Å². The average molecular weight is 398 g/mol. The molecular formula is C17H17F3N4O4. The van der Waals surface area contributed by atoms with E-state index >= 15 is 0 Å². The molecule has 28 heavy (non-hydrogen) atoms. The molecule has 0 radical (unpaired) electrons. The van der Waals surface area contributed by atoms with Gasteiger partial charge >= 0.3 is 6.18 Å². The highest BCUT2D eigenvalue weighted by atomic mass is 19.4. The molecule has 0 saturated heterocycles.